The van der Waals surface area contributed by atoms with Gasteiger partial charge in [-0.3, -0.25) is 4.79 Å². The van der Waals surface area contributed by atoms with E-state index in [1.165, 1.54) is 11.3 Å². The smallest absolute Gasteiger partial charge is 0.326 e. The van der Waals surface area contributed by atoms with Crippen molar-refractivity contribution >= 4 is 11.9 Å². The predicted octanol–water partition coefficient (Wildman–Crippen LogP) is 0.0789. The molecule has 3 fully saturated rings. The van der Waals surface area contributed by atoms with Gasteiger partial charge in [0, 0.05) is 18.9 Å². The number of nitrogens with zero attached hydrogens (tertiary/aromatic N) is 1. The zero-order valence-corrected chi connectivity index (χ0v) is 9.58. The monoisotopic (exact) mass is 239 g/mol. The van der Waals surface area contributed by atoms with Crippen LogP contribution in [0.15, 0.2) is 0 Å². The number of hydrogen-bond acceptors (Lipinski definition) is 3. The Kier molecular flexibility index (Phi) is 2.40. The van der Waals surface area contributed by atoms with Gasteiger partial charge in [-0.25, -0.2) is 4.79 Å². The minimum Gasteiger partial charge on any atom is -0.480 e. The highest BCUT2D eigenvalue weighted by molar-refractivity contribution is 5.86. The molecule has 0 aromatic carbocycles. The van der Waals surface area contributed by atoms with Gasteiger partial charge in [-0.1, -0.05) is 0 Å². The lowest BCUT2D eigenvalue weighted by atomic mass is 10.0. The molecule has 1 amide bonds. The van der Waals surface area contributed by atoms with Gasteiger partial charge in [0.25, 0.3) is 0 Å². The number of aliphatic hydroxyl groups is 1. The summed E-state index contributed by atoms with van der Waals surface area (Å²) in [6, 6.07) is -0.825. The molecule has 4 atom stereocenters. The molecule has 2 aliphatic carbocycles. The molecule has 0 aromatic rings. The number of aliphatic hydroxyl groups excluding tert-OH is 1. The largest absolute Gasteiger partial charge is 0.480 e. The van der Waals surface area contributed by atoms with Crippen molar-refractivity contribution < 1.29 is 19.8 Å². The summed E-state index contributed by atoms with van der Waals surface area (Å²) in [6.45, 7) is 0.182. The lowest BCUT2D eigenvalue weighted by molar-refractivity contribution is -0.150. The van der Waals surface area contributed by atoms with Gasteiger partial charge in [-0.2, -0.15) is 0 Å². The summed E-state index contributed by atoms with van der Waals surface area (Å²) in [5.74, 6) is 0.365. The Morgan fingerprint density at radius 1 is 1.06 bits per heavy atom. The standard InChI is InChI=1S/C12H17NO4/c14-9-4-10(12(16)17)13(5-9)11(15)8-2-6-1-7(6)3-8/h6-10,14H,1-5H2,(H,16,17). The van der Waals surface area contributed by atoms with E-state index in [-0.39, 0.29) is 24.8 Å². The first-order chi connectivity index (χ1) is 8.06. The number of likely N-dealkylation sites (tertiary alicyclic amines) is 1. The summed E-state index contributed by atoms with van der Waals surface area (Å²) in [5, 5.41) is 18.6. The van der Waals surface area contributed by atoms with Gasteiger partial charge >= 0.3 is 5.97 Å². The Labute approximate surface area is 99.4 Å². The highest BCUT2D eigenvalue weighted by atomic mass is 16.4. The van der Waals surface area contributed by atoms with E-state index in [2.05, 4.69) is 0 Å². The van der Waals surface area contributed by atoms with Crippen molar-refractivity contribution in [1.29, 1.82) is 0 Å². The molecule has 4 unspecified atom stereocenters. The van der Waals surface area contributed by atoms with Crippen LogP contribution in [0.3, 0.4) is 0 Å². The molecule has 0 radical (unpaired) electrons. The topological polar surface area (TPSA) is 77.8 Å². The van der Waals surface area contributed by atoms with Gasteiger partial charge in [0.1, 0.15) is 6.04 Å². The second-order valence-electron chi connectivity index (χ2n) is 5.66. The van der Waals surface area contributed by atoms with Crippen molar-refractivity contribution in [2.45, 2.75) is 37.8 Å². The van der Waals surface area contributed by atoms with Crippen LogP contribution in [0, 0.1) is 17.8 Å². The van der Waals surface area contributed by atoms with Gasteiger partial charge in [0.2, 0.25) is 5.91 Å². The van der Waals surface area contributed by atoms with Crippen LogP contribution < -0.4 is 0 Å². The lowest BCUT2D eigenvalue weighted by Gasteiger charge is -2.25. The van der Waals surface area contributed by atoms with Gasteiger partial charge in [-0.15, -0.1) is 0 Å². The molecule has 1 heterocycles. The summed E-state index contributed by atoms with van der Waals surface area (Å²) in [6.07, 6.45) is 2.57. The molecule has 94 valence electrons. The average molecular weight is 239 g/mol. The van der Waals surface area contributed by atoms with Crippen LogP contribution in [0.2, 0.25) is 0 Å². The first-order valence-corrected chi connectivity index (χ1v) is 6.27. The number of fused-ring (bicyclic) bond motifs is 1. The van der Waals surface area contributed by atoms with Crippen LogP contribution in [0.5, 0.6) is 0 Å². The molecular formula is C12H17NO4. The summed E-state index contributed by atoms with van der Waals surface area (Å²) in [7, 11) is 0. The fourth-order valence-corrected chi connectivity index (χ4v) is 3.44. The van der Waals surface area contributed by atoms with Crippen LogP contribution in [-0.4, -0.2) is 45.7 Å². The third-order valence-corrected chi connectivity index (χ3v) is 4.44. The van der Waals surface area contributed by atoms with Crippen molar-refractivity contribution in [3.05, 3.63) is 0 Å². The third-order valence-electron chi connectivity index (χ3n) is 4.44. The normalized spacial score (nSPS) is 43.6. The molecule has 5 nitrogen and oxygen atoms in total. The van der Waals surface area contributed by atoms with Gasteiger partial charge in [0.05, 0.1) is 6.10 Å². The summed E-state index contributed by atoms with van der Waals surface area (Å²) in [4.78, 5) is 24.6. The maximum atomic E-state index is 12.2. The number of β-amino-alcohol motifs (C(OH)–C–C–N with tert-alkyl or cyclic N) is 1. The van der Waals surface area contributed by atoms with Gasteiger partial charge < -0.3 is 15.1 Å². The van der Waals surface area contributed by atoms with E-state index in [0.29, 0.717) is 11.8 Å². The van der Waals surface area contributed by atoms with E-state index in [1.807, 2.05) is 0 Å². The van der Waals surface area contributed by atoms with Crippen molar-refractivity contribution in [2.24, 2.45) is 17.8 Å². The number of hydrogen-bond donors (Lipinski definition) is 2. The second-order valence-corrected chi connectivity index (χ2v) is 5.66. The molecular weight excluding hydrogens is 222 g/mol. The average Bonchev–Trinajstić information content (AvgIpc) is 2.74. The summed E-state index contributed by atoms with van der Waals surface area (Å²) in [5.41, 5.74) is 0. The van der Waals surface area contributed by atoms with Gasteiger partial charge in [-0.05, 0) is 31.1 Å². The Bertz CT molecular complexity index is 360. The number of aliphatic carboxylic acids is 1. The van der Waals surface area contributed by atoms with E-state index in [9.17, 15) is 14.7 Å². The summed E-state index contributed by atoms with van der Waals surface area (Å²) >= 11 is 0. The molecule has 5 heteroatoms. The van der Waals surface area contributed by atoms with Crippen LogP contribution in [0.25, 0.3) is 0 Å². The van der Waals surface area contributed by atoms with Crippen LogP contribution >= 0.6 is 0 Å². The van der Waals surface area contributed by atoms with E-state index in [0.717, 1.165) is 12.8 Å². The molecule has 17 heavy (non-hydrogen) atoms. The van der Waals surface area contributed by atoms with Crippen molar-refractivity contribution in [3.8, 4) is 0 Å². The maximum absolute atomic E-state index is 12.2. The Hall–Kier alpha value is -1.10. The van der Waals surface area contributed by atoms with E-state index in [1.54, 1.807) is 0 Å². The van der Waals surface area contributed by atoms with Crippen molar-refractivity contribution in [2.75, 3.05) is 6.54 Å². The van der Waals surface area contributed by atoms with E-state index < -0.39 is 18.1 Å². The van der Waals surface area contributed by atoms with Crippen LogP contribution in [0.4, 0.5) is 0 Å². The van der Waals surface area contributed by atoms with E-state index >= 15 is 0 Å². The summed E-state index contributed by atoms with van der Waals surface area (Å²) < 4.78 is 0. The van der Waals surface area contributed by atoms with Crippen LogP contribution in [0.1, 0.15) is 25.7 Å². The number of carboxylic acids is 1. The molecule has 2 N–H and O–H groups in total. The number of amides is 1. The first kappa shape index (κ1) is 11.0. The molecule has 0 aromatic heterocycles. The van der Waals surface area contributed by atoms with Crippen molar-refractivity contribution in [1.82, 2.24) is 4.90 Å². The number of rotatable bonds is 2. The number of carbonyl (C=O) groups excluding carboxylic acids is 1. The molecule has 3 rings (SSSR count). The fraction of sp³-hybridized carbons (Fsp3) is 0.833. The number of carboxylic acid groups (broad SMARTS) is 1. The Morgan fingerprint density at radius 3 is 2.29 bits per heavy atom. The Balaban J connectivity index is 1.69. The highest BCUT2D eigenvalue weighted by Crippen LogP contribution is 2.54. The molecule has 1 saturated heterocycles. The molecule has 0 bridgehead atoms. The van der Waals surface area contributed by atoms with Crippen LogP contribution in [-0.2, 0) is 9.59 Å². The molecule has 1 aliphatic heterocycles. The zero-order valence-electron chi connectivity index (χ0n) is 9.58. The lowest BCUT2D eigenvalue weighted by Crippen LogP contribution is -2.43. The molecule has 0 spiro atoms. The highest BCUT2D eigenvalue weighted by Gasteiger charge is 2.50. The van der Waals surface area contributed by atoms with Gasteiger partial charge in [0.15, 0.2) is 0 Å². The van der Waals surface area contributed by atoms with Crippen molar-refractivity contribution in [3.63, 3.8) is 0 Å². The Morgan fingerprint density at radius 2 is 1.71 bits per heavy atom. The first-order valence-electron chi connectivity index (χ1n) is 6.27. The van der Waals surface area contributed by atoms with E-state index in [4.69, 9.17) is 5.11 Å². The second kappa shape index (κ2) is 3.70. The predicted molar refractivity (Wildman–Crippen MR) is 58.1 cm³/mol. The molecule has 2 saturated carbocycles. The fourth-order valence-electron chi connectivity index (χ4n) is 3.44. The number of carbonyl (C=O) groups is 2. The quantitative estimate of drug-likeness (QED) is 0.715. The SMILES string of the molecule is O=C(O)C1CC(O)CN1C(=O)C1CC2CC2C1. The zero-order chi connectivity index (χ0) is 12.2. The maximum Gasteiger partial charge on any atom is 0.326 e. The molecule has 3 aliphatic rings. The third kappa shape index (κ3) is 1.82. The minimum absolute atomic E-state index is 0.00546. The minimum atomic E-state index is -1.00.